The average molecular weight is 684 g/mol. The summed E-state index contributed by atoms with van der Waals surface area (Å²) in [4.78, 5) is 0. The van der Waals surface area contributed by atoms with E-state index < -0.39 is 23.9 Å². The van der Waals surface area contributed by atoms with Crippen LogP contribution in [0.3, 0.4) is 0 Å². The second kappa shape index (κ2) is 9.80. The van der Waals surface area contributed by atoms with E-state index in [4.69, 9.17) is 8.58 Å². The zero-order valence-electron chi connectivity index (χ0n) is 22.0. The summed E-state index contributed by atoms with van der Waals surface area (Å²) in [5, 5.41) is 0. The molecule has 2 aliphatic carbocycles. The molecule has 4 aromatic carbocycles. The molecule has 0 fully saturated rings. The summed E-state index contributed by atoms with van der Waals surface area (Å²) < 4.78 is 0.832. The van der Waals surface area contributed by atoms with E-state index in [0.29, 0.717) is 7.35 Å². The van der Waals surface area contributed by atoms with Crippen LogP contribution in [0.25, 0.3) is 34.4 Å². The van der Waals surface area contributed by atoms with Crippen molar-refractivity contribution < 1.29 is 18.0 Å². The van der Waals surface area contributed by atoms with Crippen LogP contribution in [0.1, 0.15) is 43.5 Å². The Morgan fingerprint density at radius 1 is 0.568 bits per heavy atom. The molecule has 0 saturated carbocycles. The molecule has 0 amide bonds. The third kappa shape index (κ3) is 4.04. The van der Waals surface area contributed by atoms with Crippen LogP contribution in [0.4, 0.5) is 0 Å². The zero-order valence-corrected chi connectivity index (χ0v) is 27.5. The normalized spacial score (nSPS) is 19.7. The summed E-state index contributed by atoms with van der Waals surface area (Å²) in [6, 6.07) is 35.5. The van der Waals surface area contributed by atoms with Crippen molar-refractivity contribution in [2.75, 3.05) is 0 Å². The van der Waals surface area contributed by atoms with E-state index in [1.165, 1.54) is 55.7 Å². The molecule has 37 heavy (non-hydrogen) atoms. The number of hydrogen-bond acceptors (Lipinski definition) is 0. The van der Waals surface area contributed by atoms with Gasteiger partial charge in [-0.05, 0) is 0 Å². The molecule has 2 unspecified atom stereocenters. The molecular formula is C34H33ClHfSi. The Balaban J connectivity index is 1.51. The maximum atomic E-state index is 8.33. The fourth-order valence-electron chi connectivity index (χ4n) is 6.85. The standard InChI is InChI=1S/2C16H13.C2H7Si.ClH.Hf/c2*1-12-10-14-8-5-9-15(16(14)11-12)13-6-3-2-4-7-13;1-3-2;;/h2*2-11H,1H3;3H,1-2H3;1H;/q;;;;+1/p-1. The van der Waals surface area contributed by atoms with Crippen LogP contribution in [0, 0.1) is 0 Å². The molecule has 3 heteroatoms. The molecule has 184 valence electrons. The molecule has 4 aromatic rings. The third-order valence-corrected chi connectivity index (χ3v) is 61.0. The van der Waals surface area contributed by atoms with Crippen LogP contribution in [0.2, 0.25) is 13.1 Å². The Morgan fingerprint density at radius 3 is 1.35 bits per heavy atom. The van der Waals surface area contributed by atoms with Gasteiger partial charge in [0.05, 0.1) is 0 Å². The predicted molar refractivity (Wildman–Crippen MR) is 161 cm³/mol. The van der Waals surface area contributed by atoms with Gasteiger partial charge < -0.3 is 0 Å². The fraction of sp³-hybridized carbons (Fsp3) is 0.176. The molecule has 0 nitrogen and oxygen atoms in total. The minimum absolute atomic E-state index is 0.416. The summed E-state index contributed by atoms with van der Waals surface area (Å²) in [5.41, 5.74) is 14.0. The number of benzene rings is 4. The van der Waals surface area contributed by atoms with Crippen molar-refractivity contribution in [3.63, 3.8) is 0 Å². The molecule has 0 aliphatic heterocycles. The summed E-state index contributed by atoms with van der Waals surface area (Å²) >= 11 is -3.56. The molecule has 0 radical (unpaired) electrons. The first-order chi connectivity index (χ1) is 17.9. The summed E-state index contributed by atoms with van der Waals surface area (Å²) in [6.45, 7) is 9.77. The van der Waals surface area contributed by atoms with Gasteiger partial charge in [0, 0.05) is 0 Å². The second-order valence-corrected chi connectivity index (χ2v) is 52.0. The monoisotopic (exact) mass is 684 g/mol. The van der Waals surface area contributed by atoms with Gasteiger partial charge in [-0.1, -0.05) is 0 Å². The first-order valence-corrected chi connectivity index (χ1v) is 31.0. The van der Waals surface area contributed by atoms with E-state index in [-0.39, 0.29) is 0 Å². The van der Waals surface area contributed by atoms with Crippen molar-refractivity contribution in [1.82, 2.24) is 0 Å². The molecule has 0 saturated heterocycles. The van der Waals surface area contributed by atoms with E-state index in [2.05, 4.69) is 136 Å². The number of fused-ring (bicyclic) bond motifs is 2. The van der Waals surface area contributed by atoms with Crippen molar-refractivity contribution in [2.45, 2.75) is 34.3 Å². The Kier molecular flexibility index (Phi) is 6.63. The summed E-state index contributed by atoms with van der Waals surface area (Å²) in [5.74, 6) is -1.17. The molecule has 0 bridgehead atoms. The zero-order chi connectivity index (χ0) is 25.7. The van der Waals surface area contributed by atoms with Crippen molar-refractivity contribution in [3.05, 3.63) is 130 Å². The first-order valence-electron chi connectivity index (χ1n) is 13.3. The van der Waals surface area contributed by atoms with Gasteiger partial charge in [-0.2, -0.15) is 0 Å². The molecular weight excluding hydrogens is 650 g/mol. The predicted octanol–water partition coefficient (Wildman–Crippen LogP) is 9.93. The SMILES string of the molecule is CC1=Cc2c(-c3ccccc3)cccc2[CH]1[Hf]([Cl])([CH]1C(C)=Cc2c(-c3ccccc3)cccc21)[SiH](C)C. The fourth-order valence-corrected chi connectivity index (χ4v) is 46.6. The number of allylic oxidation sites excluding steroid dienone is 2. The molecule has 0 heterocycles. The van der Waals surface area contributed by atoms with Gasteiger partial charge in [-0.25, -0.2) is 0 Å². The van der Waals surface area contributed by atoms with E-state index in [1.54, 1.807) is 0 Å². The number of hydrogen-bond donors (Lipinski definition) is 0. The van der Waals surface area contributed by atoms with E-state index in [9.17, 15) is 0 Å². The quantitative estimate of drug-likeness (QED) is 0.184. The van der Waals surface area contributed by atoms with E-state index >= 15 is 0 Å². The molecule has 6 rings (SSSR count). The Hall–Kier alpha value is -2.26. The van der Waals surface area contributed by atoms with Crippen LogP contribution in [0.5, 0.6) is 0 Å². The van der Waals surface area contributed by atoms with Gasteiger partial charge in [0.2, 0.25) is 0 Å². The second-order valence-electron chi connectivity index (χ2n) is 11.0. The number of halogens is 1. The molecule has 0 N–H and O–H groups in total. The Morgan fingerprint density at radius 2 is 0.973 bits per heavy atom. The van der Waals surface area contributed by atoms with Gasteiger partial charge in [0.25, 0.3) is 0 Å². The molecule has 2 aliphatic rings. The molecule has 0 spiro atoms. The van der Waals surface area contributed by atoms with Crippen molar-refractivity contribution in [2.24, 2.45) is 0 Å². The Labute approximate surface area is 230 Å². The van der Waals surface area contributed by atoms with Crippen LogP contribution in [0.15, 0.2) is 108 Å². The van der Waals surface area contributed by atoms with Crippen LogP contribution in [-0.2, 0) is 18.0 Å². The van der Waals surface area contributed by atoms with Gasteiger partial charge in [0.15, 0.2) is 0 Å². The topological polar surface area (TPSA) is 0 Å². The maximum absolute atomic E-state index is 8.33. The van der Waals surface area contributed by atoms with Crippen molar-refractivity contribution in [1.29, 1.82) is 0 Å². The van der Waals surface area contributed by atoms with Crippen molar-refractivity contribution in [3.8, 4) is 22.3 Å². The first kappa shape index (κ1) is 25.0. The Bertz CT molecular complexity index is 1420. The van der Waals surface area contributed by atoms with Crippen LogP contribution >= 0.6 is 8.58 Å². The average Bonchev–Trinajstić information content (AvgIpc) is 3.44. The van der Waals surface area contributed by atoms with Crippen LogP contribution < -0.4 is 0 Å². The number of rotatable bonds is 5. The molecule has 0 aromatic heterocycles. The molecule has 2 atom stereocenters. The van der Waals surface area contributed by atoms with E-state index in [1.807, 2.05) is 0 Å². The third-order valence-electron chi connectivity index (χ3n) is 8.50. The van der Waals surface area contributed by atoms with Gasteiger partial charge in [-0.3, -0.25) is 0 Å². The van der Waals surface area contributed by atoms with Gasteiger partial charge >= 0.3 is 232 Å². The summed E-state index contributed by atoms with van der Waals surface area (Å²) in [7, 11) is 8.33. The van der Waals surface area contributed by atoms with Crippen LogP contribution in [-0.4, -0.2) is 5.98 Å². The van der Waals surface area contributed by atoms with Crippen molar-refractivity contribution >= 4 is 26.7 Å². The van der Waals surface area contributed by atoms with Gasteiger partial charge in [-0.15, -0.1) is 0 Å². The summed E-state index contributed by atoms with van der Waals surface area (Å²) in [6.07, 6.45) is 4.93. The minimum atomic E-state index is -3.56. The van der Waals surface area contributed by atoms with E-state index in [0.717, 1.165) is 0 Å². The van der Waals surface area contributed by atoms with Gasteiger partial charge in [0.1, 0.15) is 0 Å².